The molecule has 1 aliphatic carbocycles. The minimum Gasteiger partial charge on any atom is -0.396 e. The summed E-state index contributed by atoms with van der Waals surface area (Å²) < 4.78 is 28.2. The second-order valence-corrected chi connectivity index (χ2v) is 9.38. The second-order valence-electron chi connectivity index (χ2n) is 7.61. The summed E-state index contributed by atoms with van der Waals surface area (Å²) in [7, 11) is -3.64. The van der Waals surface area contributed by atoms with E-state index in [4.69, 9.17) is 0 Å². The molecule has 144 valence electrons. The third kappa shape index (κ3) is 3.94. The maximum absolute atomic E-state index is 12.8. The Hall–Kier alpha value is -1.44. The van der Waals surface area contributed by atoms with Gasteiger partial charge in [0.25, 0.3) is 0 Å². The average molecular weight is 381 g/mol. The first-order valence-electron chi connectivity index (χ1n) is 9.38. The molecule has 6 nitrogen and oxygen atoms in total. The van der Waals surface area contributed by atoms with Crippen LogP contribution in [-0.4, -0.2) is 39.1 Å². The van der Waals surface area contributed by atoms with Crippen molar-refractivity contribution < 1.29 is 18.3 Å². The highest BCUT2D eigenvalue weighted by Gasteiger charge is 2.33. The predicted octanol–water partition coefficient (Wildman–Crippen LogP) is 2.21. The van der Waals surface area contributed by atoms with Crippen LogP contribution in [-0.2, 0) is 21.2 Å². The minimum atomic E-state index is -3.64. The van der Waals surface area contributed by atoms with E-state index in [1.54, 1.807) is 23.1 Å². The topological polar surface area (TPSA) is 86.7 Å². The Balaban J connectivity index is 1.78. The lowest BCUT2D eigenvalue weighted by Crippen LogP contribution is -2.41. The van der Waals surface area contributed by atoms with Gasteiger partial charge in [-0.2, -0.15) is 0 Å². The molecule has 0 spiro atoms. The van der Waals surface area contributed by atoms with Crippen LogP contribution in [0.3, 0.4) is 0 Å². The summed E-state index contributed by atoms with van der Waals surface area (Å²) in [5.41, 5.74) is 1.36. The lowest BCUT2D eigenvalue weighted by atomic mass is 9.75. The van der Waals surface area contributed by atoms with E-state index in [-0.39, 0.29) is 29.4 Å². The predicted molar refractivity (Wildman–Crippen MR) is 101 cm³/mol. The first kappa shape index (κ1) is 19.3. The zero-order valence-electron chi connectivity index (χ0n) is 15.3. The van der Waals surface area contributed by atoms with Gasteiger partial charge in [0.05, 0.1) is 4.90 Å². The molecule has 0 bridgehead atoms. The van der Waals surface area contributed by atoms with Gasteiger partial charge in [0.15, 0.2) is 0 Å². The van der Waals surface area contributed by atoms with Gasteiger partial charge in [-0.3, -0.25) is 4.79 Å². The quantitative estimate of drug-likeness (QED) is 0.820. The first-order chi connectivity index (χ1) is 12.4. The van der Waals surface area contributed by atoms with Crippen LogP contribution >= 0.6 is 0 Å². The summed E-state index contributed by atoms with van der Waals surface area (Å²) in [6.07, 6.45) is 6.50. The van der Waals surface area contributed by atoms with Gasteiger partial charge in [0, 0.05) is 37.7 Å². The van der Waals surface area contributed by atoms with Gasteiger partial charge < -0.3 is 10.0 Å². The number of hydrogen-bond donors (Lipinski definition) is 2. The number of fused-ring (bicyclic) bond motifs is 1. The van der Waals surface area contributed by atoms with E-state index >= 15 is 0 Å². The number of nitrogens with one attached hydrogen (secondary N) is 1. The number of benzene rings is 1. The summed E-state index contributed by atoms with van der Waals surface area (Å²) in [4.78, 5) is 13.7. The van der Waals surface area contributed by atoms with E-state index in [1.165, 1.54) is 6.92 Å². The number of hydrogen-bond acceptors (Lipinski definition) is 4. The van der Waals surface area contributed by atoms with E-state index in [9.17, 15) is 18.3 Å². The van der Waals surface area contributed by atoms with Crippen molar-refractivity contribution in [1.29, 1.82) is 0 Å². The van der Waals surface area contributed by atoms with Crippen molar-refractivity contribution >= 4 is 21.6 Å². The van der Waals surface area contributed by atoms with Crippen LogP contribution in [0.15, 0.2) is 23.1 Å². The Morgan fingerprint density at radius 1 is 1.23 bits per heavy atom. The maximum Gasteiger partial charge on any atom is 0.240 e. The fourth-order valence-corrected chi connectivity index (χ4v) is 5.30. The molecule has 0 saturated heterocycles. The van der Waals surface area contributed by atoms with E-state index < -0.39 is 10.0 Å². The molecule has 0 atom stereocenters. The number of aliphatic hydroxyl groups is 1. The van der Waals surface area contributed by atoms with E-state index in [0.717, 1.165) is 56.2 Å². The fraction of sp³-hybridized carbons (Fsp3) is 0.632. The Kier molecular flexibility index (Phi) is 5.69. The SMILES string of the molecule is CC(=O)N1CCCc2cc(S(=O)(=O)NCC3(CO)CCCCC3)ccc21. The molecule has 2 aliphatic rings. The third-order valence-corrected chi connectivity index (χ3v) is 7.15. The zero-order valence-corrected chi connectivity index (χ0v) is 16.1. The van der Waals surface area contributed by atoms with Crippen molar-refractivity contribution in [3.63, 3.8) is 0 Å². The van der Waals surface area contributed by atoms with Crippen molar-refractivity contribution in [3.05, 3.63) is 23.8 Å². The number of sulfonamides is 1. The van der Waals surface area contributed by atoms with Crippen LogP contribution in [0.5, 0.6) is 0 Å². The van der Waals surface area contributed by atoms with Crippen LogP contribution in [0.2, 0.25) is 0 Å². The van der Waals surface area contributed by atoms with Gasteiger partial charge >= 0.3 is 0 Å². The summed E-state index contributed by atoms with van der Waals surface area (Å²) >= 11 is 0. The Morgan fingerprint density at radius 2 is 1.96 bits per heavy atom. The highest BCUT2D eigenvalue weighted by Crippen LogP contribution is 2.36. The van der Waals surface area contributed by atoms with Crippen molar-refractivity contribution in [1.82, 2.24) is 4.72 Å². The third-order valence-electron chi connectivity index (χ3n) is 5.75. The number of aliphatic hydroxyl groups excluding tert-OH is 1. The molecule has 1 fully saturated rings. The molecule has 1 saturated carbocycles. The monoisotopic (exact) mass is 380 g/mol. The summed E-state index contributed by atoms with van der Waals surface area (Å²) in [6, 6.07) is 4.97. The molecule has 7 heteroatoms. The van der Waals surface area contributed by atoms with Gasteiger partial charge in [-0.15, -0.1) is 0 Å². The van der Waals surface area contributed by atoms with Crippen molar-refractivity contribution in [2.75, 3.05) is 24.6 Å². The Bertz CT molecular complexity index is 770. The van der Waals surface area contributed by atoms with Crippen LogP contribution < -0.4 is 9.62 Å². The summed E-state index contributed by atoms with van der Waals surface area (Å²) in [5, 5.41) is 9.78. The summed E-state index contributed by atoms with van der Waals surface area (Å²) in [5.74, 6) is -0.0260. The average Bonchev–Trinajstić information content (AvgIpc) is 2.66. The highest BCUT2D eigenvalue weighted by atomic mass is 32.2. The van der Waals surface area contributed by atoms with Crippen LogP contribution in [0, 0.1) is 5.41 Å². The van der Waals surface area contributed by atoms with E-state index in [2.05, 4.69) is 4.72 Å². The largest absolute Gasteiger partial charge is 0.396 e. The molecule has 2 N–H and O–H groups in total. The van der Waals surface area contributed by atoms with Gasteiger partial charge in [0.1, 0.15) is 0 Å². The van der Waals surface area contributed by atoms with Gasteiger partial charge in [-0.05, 0) is 49.4 Å². The summed E-state index contributed by atoms with van der Waals surface area (Å²) in [6.45, 7) is 2.47. The number of anilines is 1. The molecule has 1 aromatic rings. The lowest BCUT2D eigenvalue weighted by Gasteiger charge is -2.35. The molecule has 1 aliphatic heterocycles. The van der Waals surface area contributed by atoms with Crippen LogP contribution in [0.1, 0.15) is 51.0 Å². The van der Waals surface area contributed by atoms with Crippen LogP contribution in [0.25, 0.3) is 0 Å². The Labute approximate surface area is 155 Å². The minimum absolute atomic E-state index is 0.00722. The van der Waals surface area contributed by atoms with E-state index in [0.29, 0.717) is 6.54 Å². The van der Waals surface area contributed by atoms with Crippen molar-refractivity contribution in [2.45, 2.75) is 56.8 Å². The standard InChI is InChI=1S/C19H28N2O4S/c1-15(23)21-11-5-6-16-12-17(7-8-18(16)21)26(24,25)20-13-19(14-22)9-3-2-4-10-19/h7-8,12,20,22H,2-6,9-11,13-14H2,1H3. The highest BCUT2D eigenvalue weighted by molar-refractivity contribution is 7.89. The molecule has 0 aromatic heterocycles. The fourth-order valence-electron chi connectivity index (χ4n) is 4.09. The number of carbonyl (C=O) groups excluding carboxylic acids is 1. The Morgan fingerprint density at radius 3 is 2.62 bits per heavy atom. The van der Waals surface area contributed by atoms with Crippen molar-refractivity contribution in [3.8, 4) is 0 Å². The first-order valence-corrected chi connectivity index (χ1v) is 10.9. The maximum atomic E-state index is 12.8. The van der Waals surface area contributed by atoms with Gasteiger partial charge in [-0.1, -0.05) is 19.3 Å². The van der Waals surface area contributed by atoms with E-state index in [1.807, 2.05) is 0 Å². The smallest absolute Gasteiger partial charge is 0.240 e. The molecular formula is C19H28N2O4S. The normalized spacial score (nSPS) is 19.8. The van der Waals surface area contributed by atoms with Crippen molar-refractivity contribution in [2.24, 2.45) is 5.41 Å². The molecule has 3 rings (SSSR count). The number of aryl methyl sites for hydroxylation is 1. The lowest BCUT2D eigenvalue weighted by molar-refractivity contribution is -0.116. The van der Waals surface area contributed by atoms with Gasteiger partial charge in [0.2, 0.25) is 15.9 Å². The molecule has 1 amide bonds. The molecule has 1 aromatic carbocycles. The molecule has 26 heavy (non-hydrogen) atoms. The molecule has 1 heterocycles. The molecular weight excluding hydrogens is 352 g/mol. The zero-order chi connectivity index (χ0) is 18.8. The number of nitrogens with zero attached hydrogens (tertiary/aromatic N) is 1. The second kappa shape index (κ2) is 7.66. The number of amides is 1. The number of carbonyl (C=O) groups is 1. The number of rotatable bonds is 5. The molecule has 0 radical (unpaired) electrons. The van der Waals surface area contributed by atoms with Crippen LogP contribution in [0.4, 0.5) is 5.69 Å². The van der Waals surface area contributed by atoms with Gasteiger partial charge in [-0.25, -0.2) is 13.1 Å². The molecule has 0 unspecified atom stereocenters.